The summed E-state index contributed by atoms with van der Waals surface area (Å²) in [4.78, 5) is 18.1. The van der Waals surface area contributed by atoms with Gasteiger partial charge in [-0.2, -0.15) is 5.26 Å². The Labute approximate surface area is 213 Å². The smallest absolute Gasteiger partial charge is 0.346 e. The van der Waals surface area contributed by atoms with Crippen molar-refractivity contribution in [3.8, 4) is 33.6 Å². The van der Waals surface area contributed by atoms with Crippen LogP contribution in [-0.2, 0) is 4.79 Å². The number of imidazole rings is 1. The number of rotatable bonds is 5. The number of fused-ring (bicyclic) bond motifs is 1. The van der Waals surface area contributed by atoms with Gasteiger partial charge in [0.15, 0.2) is 0 Å². The van der Waals surface area contributed by atoms with Crippen molar-refractivity contribution >= 4 is 34.4 Å². The van der Waals surface area contributed by atoms with E-state index in [1.807, 2.05) is 32.0 Å². The minimum absolute atomic E-state index is 0.267. The minimum atomic E-state index is -1.22. The average Bonchev–Trinajstić information content (AvgIpc) is 3.41. The van der Waals surface area contributed by atoms with Crippen molar-refractivity contribution in [2.24, 2.45) is 0 Å². The van der Waals surface area contributed by atoms with Gasteiger partial charge in [0.1, 0.15) is 17.5 Å². The molecule has 0 saturated carbocycles. The number of thiophene rings is 1. The lowest BCUT2D eigenvalue weighted by atomic mass is 10.0. The van der Waals surface area contributed by atoms with E-state index in [2.05, 4.69) is 66.1 Å². The summed E-state index contributed by atoms with van der Waals surface area (Å²) in [6.45, 7) is 6.06. The zero-order valence-electron chi connectivity index (χ0n) is 20.1. The maximum absolute atomic E-state index is 11.3. The van der Waals surface area contributed by atoms with Crippen LogP contribution in [0.3, 0.4) is 0 Å². The second kappa shape index (κ2) is 9.29. The summed E-state index contributed by atoms with van der Waals surface area (Å²) < 4.78 is 2.18. The molecular weight excluding hydrogens is 466 g/mol. The molecule has 3 aromatic carbocycles. The van der Waals surface area contributed by atoms with Gasteiger partial charge in [-0.1, -0.05) is 54.1 Å². The highest BCUT2D eigenvalue weighted by Gasteiger charge is 2.17. The fraction of sp³-hybridized carbons (Fsp3) is 0.100. The van der Waals surface area contributed by atoms with E-state index >= 15 is 0 Å². The van der Waals surface area contributed by atoms with E-state index in [1.165, 1.54) is 23.0 Å². The van der Waals surface area contributed by atoms with Crippen LogP contribution in [0.15, 0.2) is 78.4 Å². The molecule has 0 spiro atoms. The molecule has 2 aromatic heterocycles. The standard InChI is InChI=1S/C30H23N3O2S/c1-18-8-14-24(15-9-18)33-26-7-5-4-6-25(26)32-29(33)22-12-10-21(11-13-22)28-20(3)19(2)27(36-28)16-23(17-31)30(34)35/h4-16H,1-3H3,(H,34,35)/b23-16+. The van der Waals surface area contributed by atoms with Crippen LogP contribution in [0.4, 0.5) is 0 Å². The number of carbonyl (C=O) groups is 1. The average molecular weight is 490 g/mol. The van der Waals surface area contributed by atoms with Gasteiger partial charge >= 0.3 is 5.97 Å². The second-order valence-corrected chi connectivity index (χ2v) is 9.75. The largest absolute Gasteiger partial charge is 0.477 e. The van der Waals surface area contributed by atoms with Crippen molar-refractivity contribution < 1.29 is 9.90 Å². The Kier molecular flexibility index (Phi) is 6.01. The Morgan fingerprint density at radius 3 is 2.28 bits per heavy atom. The lowest BCUT2D eigenvalue weighted by Crippen LogP contribution is -1.97. The van der Waals surface area contributed by atoms with Gasteiger partial charge in [0.25, 0.3) is 0 Å². The molecule has 5 aromatic rings. The number of carboxylic acid groups (broad SMARTS) is 1. The molecule has 0 atom stereocenters. The van der Waals surface area contributed by atoms with Crippen LogP contribution in [0.5, 0.6) is 0 Å². The molecular formula is C30H23N3O2S. The number of aliphatic carboxylic acids is 1. The fourth-order valence-corrected chi connectivity index (χ4v) is 5.51. The highest BCUT2D eigenvalue weighted by molar-refractivity contribution is 7.16. The van der Waals surface area contributed by atoms with Crippen LogP contribution in [0, 0.1) is 32.1 Å². The Balaban J connectivity index is 1.58. The van der Waals surface area contributed by atoms with E-state index in [-0.39, 0.29) is 5.57 Å². The Morgan fingerprint density at radius 1 is 0.944 bits per heavy atom. The van der Waals surface area contributed by atoms with Gasteiger partial charge in [-0.25, -0.2) is 9.78 Å². The van der Waals surface area contributed by atoms with Gasteiger partial charge in [0.05, 0.1) is 11.0 Å². The Bertz CT molecular complexity index is 1680. The molecule has 0 amide bonds. The normalized spacial score (nSPS) is 11.6. The number of nitrogens with zero attached hydrogens (tertiary/aromatic N) is 3. The van der Waals surface area contributed by atoms with Crippen LogP contribution in [0.25, 0.3) is 44.6 Å². The molecule has 0 radical (unpaired) electrons. The molecule has 176 valence electrons. The van der Waals surface area contributed by atoms with Crippen molar-refractivity contribution in [2.45, 2.75) is 20.8 Å². The third-order valence-electron chi connectivity index (χ3n) is 6.37. The molecule has 0 unspecified atom stereocenters. The number of hydrogen-bond acceptors (Lipinski definition) is 4. The first-order valence-electron chi connectivity index (χ1n) is 11.5. The number of aromatic nitrogens is 2. The van der Waals surface area contributed by atoms with Crippen molar-refractivity contribution in [1.29, 1.82) is 5.26 Å². The van der Waals surface area contributed by atoms with E-state index in [1.54, 1.807) is 6.07 Å². The van der Waals surface area contributed by atoms with Crippen LogP contribution in [-0.4, -0.2) is 20.6 Å². The van der Waals surface area contributed by atoms with Crippen molar-refractivity contribution in [2.75, 3.05) is 0 Å². The third-order valence-corrected chi connectivity index (χ3v) is 7.76. The molecule has 0 bridgehead atoms. The number of benzene rings is 3. The van der Waals surface area contributed by atoms with E-state index in [4.69, 9.17) is 10.2 Å². The first-order chi connectivity index (χ1) is 17.4. The minimum Gasteiger partial charge on any atom is -0.477 e. The SMILES string of the molecule is Cc1ccc(-n2c(-c3ccc(-c4sc(/C=C(\C#N)C(=O)O)c(C)c4C)cc3)nc3ccccc32)cc1. The van der Waals surface area contributed by atoms with E-state index < -0.39 is 5.97 Å². The lowest BCUT2D eigenvalue weighted by molar-refractivity contribution is -0.132. The van der Waals surface area contributed by atoms with Crippen LogP contribution in [0.1, 0.15) is 21.6 Å². The Morgan fingerprint density at radius 2 is 1.61 bits per heavy atom. The summed E-state index contributed by atoms with van der Waals surface area (Å²) in [5.41, 5.74) is 8.07. The monoisotopic (exact) mass is 489 g/mol. The van der Waals surface area contributed by atoms with Gasteiger partial charge in [0, 0.05) is 21.0 Å². The number of hydrogen-bond donors (Lipinski definition) is 1. The molecule has 0 aliphatic rings. The molecule has 5 rings (SSSR count). The second-order valence-electron chi connectivity index (χ2n) is 8.69. The van der Waals surface area contributed by atoms with Crippen molar-refractivity contribution in [1.82, 2.24) is 9.55 Å². The maximum atomic E-state index is 11.3. The fourth-order valence-electron chi connectivity index (χ4n) is 4.25. The van der Waals surface area contributed by atoms with Crippen LogP contribution < -0.4 is 0 Å². The van der Waals surface area contributed by atoms with Crippen molar-refractivity contribution in [3.05, 3.63) is 99.9 Å². The zero-order chi connectivity index (χ0) is 25.4. The van der Waals surface area contributed by atoms with Gasteiger partial charge in [-0.3, -0.25) is 4.57 Å². The maximum Gasteiger partial charge on any atom is 0.346 e. The van der Waals surface area contributed by atoms with Gasteiger partial charge in [-0.05, 0) is 67.8 Å². The predicted octanol–water partition coefficient (Wildman–Crippen LogP) is 7.34. The highest BCUT2D eigenvalue weighted by Crippen LogP contribution is 2.38. The Hall–Kier alpha value is -4.47. The first-order valence-corrected chi connectivity index (χ1v) is 12.3. The van der Waals surface area contributed by atoms with Gasteiger partial charge < -0.3 is 5.11 Å². The third kappa shape index (κ3) is 4.10. The van der Waals surface area contributed by atoms with Gasteiger partial charge in [-0.15, -0.1) is 11.3 Å². The number of para-hydroxylation sites is 2. The molecule has 0 saturated heterocycles. The van der Waals surface area contributed by atoms with Gasteiger partial charge in [0.2, 0.25) is 0 Å². The zero-order valence-corrected chi connectivity index (χ0v) is 20.9. The summed E-state index contributed by atoms with van der Waals surface area (Å²) >= 11 is 1.50. The molecule has 0 fully saturated rings. The molecule has 36 heavy (non-hydrogen) atoms. The summed E-state index contributed by atoms with van der Waals surface area (Å²) in [6.07, 6.45) is 1.46. The summed E-state index contributed by atoms with van der Waals surface area (Å²) in [7, 11) is 0. The van der Waals surface area contributed by atoms with E-state index in [0.29, 0.717) is 0 Å². The lowest BCUT2D eigenvalue weighted by Gasteiger charge is -2.10. The number of aryl methyl sites for hydroxylation is 1. The molecule has 2 heterocycles. The predicted molar refractivity (Wildman–Crippen MR) is 145 cm³/mol. The quantitative estimate of drug-likeness (QED) is 0.207. The van der Waals surface area contributed by atoms with Crippen LogP contribution in [0.2, 0.25) is 0 Å². The molecule has 0 aliphatic carbocycles. The van der Waals surface area contributed by atoms with Crippen LogP contribution >= 0.6 is 11.3 Å². The number of nitriles is 1. The highest BCUT2D eigenvalue weighted by atomic mass is 32.1. The van der Waals surface area contributed by atoms with E-state index in [9.17, 15) is 9.90 Å². The summed E-state index contributed by atoms with van der Waals surface area (Å²) in [5.74, 6) is -0.347. The molecule has 5 nitrogen and oxygen atoms in total. The summed E-state index contributed by atoms with van der Waals surface area (Å²) in [6, 6.07) is 26.6. The van der Waals surface area contributed by atoms with Crippen molar-refractivity contribution in [3.63, 3.8) is 0 Å². The first kappa shape index (κ1) is 23.3. The van der Waals surface area contributed by atoms with E-state index in [0.717, 1.165) is 54.6 Å². The summed E-state index contributed by atoms with van der Waals surface area (Å²) in [5, 5.41) is 18.4. The molecule has 6 heteroatoms. The number of carboxylic acids is 1. The topological polar surface area (TPSA) is 78.9 Å². The molecule has 1 N–H and O–H groups in total. The molecule has 0 aliphatic heterocycles.